The summed E-state index contributed by atoms with van der Waals surface area (Å²) in [5.74, 6) is 0.416. The lowest BCUT2D eigenvalue weighted by Gasteiger charge is -2.14. The molecule has 1 aromatic carbocycles. The molecule has 1 amide bonds. The first kappa shape index (κ1) is 25.7. The Hall–Kier alpha value is -3.88. The first-order chi connectivity index (χ1) is 16.9. The van der Waals surface area contributed by atoms with Crippen molar-refractivity contribution >= 4 is 12.1 Å². The molecule has 0 radical (unpaired) electrons. The Morgan fingerprint density at radius 1 is 1.17 bits per heavy atom. The molecule has 2 aromatic heterocycles. The van der Waals surface area contributed by atoms with E-state index in [9.17, 15) is 9.59 Å². The standard InChI is InChI=1S/C26H32N4O5/c1-18(15-27-26(32)35-17-20-10-6-5-7-11-20)9-8-12-34-24-22(16-28-30(24)3)23-14-21(25(31)33-4)13-19(2)29-23/h5-7,10-11,13-14,16,18H,8-9,12,15,17H2,1-4H3,(H,27,32)/t18-/m1/s1. The number of hydrogen-bond donors (Lipinski definition) is 1. The zero-order chi connectivity index (χ0) is 25.2. The number of hydrogen-bond acceptors (Lipinski definition) is 7. The molecule has 0 aliphatic carbocycles. The van der Waals surface area contributed by atoms with Crippen molar-refractivity contribution in [1.29, 1.82) is 0 Å². The van der Waals surface area contributed by atoms with Gasteiger partial charge in [0.2, 0.25) is 5.88 Å². The molecule has 0 saturated heterocycles. The van der Waals surface area contributed by atoms with Gasteiger partial charge in [0.1, 0.15) is 6.61 Å². The molecule has 0 spiro atoms. The summed E-state index contributed by atoms with van der Waals surface area (Å²) in [6.45, 7) is 5.13. The zero-order valence-electron chi connectivity index (χ0n) is 20.6. The number of rotatable bonds is 11. The van der Waals surface area contributed by atoms with E-state index in [2.05, 4.69) is 22.3 Å². The van der Waals surface area contributed by atoms with Crippen LogP contribution < -0.4 is 10.1 Å². The van der Waals surface area contributed by atoms with Crippen molar-refractivity contribution in [3.8, 4) is 17.1 Å². The van der Waals surface area contributed by atoms with Crippen molar-refractivity contribution in [2.45, 2.75) is 33.3 Å². The summed E-state index contributed by atoms with van der Waals surface area (Å²) >= 11 is 0. The summed E-state index contributed by atoms with van der Waals surface area (Å²) in [6.07, 6.45) is 2.90. The van der Waals surface area contributed by atoms with E-state index in [0.717, 1.165) is 18.4 Å². The molecule has 0 fully saturated rings. The number of nitrogens with zero attached hydrogens (tertiary/aromatic N) is 3. The first-order valence-corrected chi connectivity index (χ1v) is 11.5. The van der Waals surface area contributed by atoms with Gasteiger partial charge in [-0.25, -0.2) is 14.3 Å². The van der Waals surface area contributed by atoms with E-state index in [0.29, 0.717) is 41.5 Å². The molecular formula is C26H32N4O5. The number of alkyl carbamates (subject to hydrolysis) is 1. The molecule has 0 saturated carbocycles. The highest BCUT2D eigenvalue weighted by Gasteiger charge is 2.17. The lowest BCUT2D eigenvalue weighted by molar-refractivity contribution is 0.0600. The normalized spacial score (nSPS) is 11.5. The van der Waals surface area contributed by atoms with Crippen LogP contribution in [0.1, 0.15) is 41.4 Å². The fourth-order valence-corrected chi connectivity index (χ4v) is 3.55. The second-order valence-electron chi connectivity index (χ2n) is 8.40. The number of carbonyl (C=O) groups is 2. The molecule has 186 valence electrons. The maximum absolute atomic E-state index is 12.0. The van der Waals surface area contributed by atoms with Crippen molar-refractivity contribution in [3.63, 3.8) is 0 Å². The molecular weight excluding hydrogens is 448 g/mol. The third kappa shape index (κ3) is 7.56. The SMILES string of the molecule is COC(=O)c1cc(C)nc(-c2cnn(C)c2OCCC[C@@H](C)CNC(=O)OCc2ccccc2)c1. The number of aryl methyl sites for hydroxylation is 2. The average molecular weight is 481 g/mol. The summed E-state index contributed by atoms with van der Waals surface area (Å²) < 4.78 is 17.7. The van der Waals surface area contributed by atoms with Gasteiger partial charge in [-0.15, -0.1) is 0 Å². The van der Waals surface area contributed by atoms with E-state index in [1.54, 1.807) is 30.1 Å². The molecule has 1 N–H and O–H groups in total. The van der Waals surface area contributed by atoms with Crippen molar-refractivity contribution in [2.75, 3.05) is 20.3 Å². The molecule has 35 heavy (non-hydrogen) atoms. The predicted molar refractivity (Wildman–Crippen MR) is 131 cm³/mol. The Kier molecular flexibility index (Phi) is 9.23. The van der Waals surface area contributed by atoms with E-state index in [4.69, 9.17) is 14.2 Å². The molecule has 3 aromatic rings. The van der Waals surface area contributed by atoms with E-state index in [-0.39, 0.29) is 12.5 Å². The summed E-state index contributed by atoms with van der Waals surface area (Å²) in [5, 5.41) is 7.10. The van der Waals surface area contributed by atoms with Gasteiger partial charge >= 0.3 is 12.1 Å². The second kappa shape index (κ2) is 12.5. The Bertz CT molecular complexity index is 1130. The van der Waals surface area contributed by atoms with Crippen LogP contribution in [0.25, 0.3) is 11.3 Å². The van der Waals surface area contributed by atoms with Gasteiger partial charge in [-0.2, -0.15) is 5.10 Å². The molecule has 0 unspecified atom stereocenters. The molecule has 0 aliphatic heterocycles. The fraction of sp³-hybridized carbons (Fsp3) is 0.385. The number of aromatic nitrogens is 3. The Labute approximate surface area is 205 Å². The van der Waals surface area contributed by atoms with Crippen LogP contribution in [0.3, 0.4) is 0 Å². The molecule has 1 atom stereocenters. The summed E-state index contributed by atoms with van der Waals surface area (Å²) in [5.41, 5.74) is 3.37. The Morgan fingerprint density at radius 3 is 2.69 bits per heavy atom. The van der Waals surface area contributed by atoms with Crippen LogP contribution >= 0.6 is 0 Å². The van der Waals surface area contributed by atoms with Crippen LogP contribution in [-0.4, -0.2) is 47.1 Å². The van der Waals surface area contributed by atoms with Crippen LogP contribution in [0.5, 0.6) is 5.88 Å². The summed E-state index contributed by atoms with van der Waals surface area (Å²) in [6, 6.07) is 12.9. The van der Waals surface area contributed by atoms with Gasteiger partial charge in [0.15, 0.2) is 0 Å². The van der Waals surface area contributed by atoms with E-state index in [1.807, 2.05) is 37.3 Å². The van der Waals surface area contributed by atoms with Crippen LogP contribution in [0.4, 0.5) is 4.79 Å². The quantitative estimate of drug-likeness (QED) is 0.322. The second-order valence-corrected chi connectivity index (χ2v) is 8.40. The van der Waals surface area contributed by atoms with Crippen LogP contribution in [0, 0.1) is 12.8 Å². The molecule has 9 nitrogen and oxygen atoms in total. The molecule has 3 rings (SSSR count). The first-order valence-electron chi connectivity index (χ1n) is 11.5. The highest BCUT2D eigenvalue weighted by Crippen LogP contribution is 2.29. The van der Waals surface area contributed by atoms with Gasteiger partial charge in [-0.05, 0) is 43.4 Å². The number of ether oxygens (including phenoxy) is 3. The predicted octanol–water partition coefficient (Wildman–Crippen LogP) is 4.30. The third-order valence-electron chi connectivity index (χ3n) is 5.42. The maximum atomic E-state index is 12.0. The number of methoxy groups -OCH3 is 1. The van der Waals surface area contributed by atoms with Gasteiger partial charge in [0.05, 0.1) is 36.7 Å². The minimum atomic E-state index is -0.423. The van der Waals surface area contributed by atoms with Crippen LogP contribution in [0.2, 0.25) is 0 Å². The monoisotopic (exact) mass is 480 g/mol. The Balaban J connectivity index is 1.46. The fourth-order valence-electron chi connectivity index (χ4n) is 3.55. The van der Waals surface area contributed by atoms with Crippen molar-refractivity contribution < 1.29 is 23.8 Å². The van der Waals surface area contributed by atoms with Crippen LogP contribution in [-0.2, 0) is 23.1 Å². The number of benzene rings is 1. The van der Waals surface area contributed by atoms with Crippen molar-refractivity contribution in [2.24, 2.45) is 13.0 Å². The lowest BCUT2D eigenvalue weighted by Crippen LogP contribution is -2.29. The van der Waals surface area contributed by atoms with Gasteiger partial charge in [-0.1, -0.05) is 37.3 Å². The minimum absolute atomic E-state index is 0.249. The third-order valence-corrected chi connectivity index (χ3v) is 5.42. The highest BCUT2D eigenvalue weighted by atomic mass is 16.5. The van der Waals surface area contributed by atoms with Crippen LogP contribution in [0.15, 0.2) is 48.7 Å². The lowest BCUT2D eigenvalue weighted by atomic mass is 10.1. The maximum Gasteiger partial charge on any atom is 0.407 e. The molecule has 0 aliphatic rings. The molecule has 9 heteroatoms. The van der Waals surface area contributed by atoms with Gasteiger partial charge < -0.3 is 19.5 Å². The summed E-state index contributed by atoms with van der Waals surface area (Å²) in [4.78, 5) is 28.4. The van der Waals surface area contributed by atoms with E-state index in [1.165, 1.54) is 7.11 Å². The van der Waals surface area contributed by atoms with E-state index < -0.39 is 12.1 Å². The molecule has 2 heterocycles. The number of nitrogens with one attached hydrogen (secondary N) is 1. The number of pyridine rings is 1. The zero-order valence-corrected chi connectivity index (χ0v) is 20.6. The molecule has 0 bridgehead atoms. The summed E-state index contributed by atoms with van der Waals surface area (Å²) in [7, 11) is 3.14. The Morgan fingerprint density at radius 2 is 1.94 bits per heavy atom. The van der Waals surface area contributed by atoms with E-state index >= 15 is 0 Å². The largest absolute Gasteiger partial charge is 0.477 e. The van der Waals surface area contributed by atoms with Gasteiger partial charge in [-0.3, -0.25) is 4.98 Å². The number of carbonyl (C=O) groups excluding carboxylic acids is 2. The number of esters is 1. The van der Waals surface area contributed by atoms with Crippen molar-refractivity contribution in [1.82, 2.24) is 20.1 Å². The van der Waals surface area contributed by atoms with Gasteiger partial charge in [0, 0.05) is 19.3 Å². The average Bonchev–Trinajstić information content (AvgIpc) is 3.23. The number of amides is 1. The topological polar surface area (TPSA) is 105 Å². The van der Waals surface area contributed by atoms with Gasteiger partial charge in [0.25, 0.3) is 0 Å². The highest BCUT2D eigenvalue weighted by molar-refractivity contribution is 5.90. The smallest absolute Gasteiger partial charge is 0.407 e. The minimum Gasteiger partial charge on any atom is -0.477 e. The van der Waals surface area contributed by atoms with Crippen molar-refractivity contribution in [3.05, 3.63) is 65.5 Å².